The zero-order valence-corrected chi connectivity index (χ0v) is 11.9. The van der Waals surface area contributed by atoms with Gasteiger partial charge in [-0.3, -0.25) is 4.90 Å². The van der Waals surface area contributed by atoms with Gasteiger partial charge in [-0.25, -0.2) is 0 Å². The summed E-state index contributed by atoms with van der Waals surface area (Å²) in [6.45, 7) is 13.8. The molecule has 1 atom stereocenters. The summed E-state index contributed by atoms with van der Waals surface area (Å²) in [6.07, 6.45) is 0.991. The molecule has 0 spiro atoms. The molecule has 2 N–H and O–H groups in total. The number of hydrogen-bond acceptors (Lipinski definition) is 3. The summed E-state index contributed by atoms with van der Waals surface area (Å²) in [5.74, 6) is 0.663. The molecule has 0 saturated carbocycles. The topological polar surface area (TPSA) is 38.5 Å². The molecule has 1 unspecified atom stereocenters. The van der Waals surface area contributed by atoms with Gasteiger partial charge in [0.1, 0.15) is 0 Å². The zero-order valence-electron chi connectivity index (χ0n) is 11.9. The Morgan fingerprint density at radius 2 is 1.81 bits per heavy atom. The van der Waals surface area contributed by atoms with Crippen LogP contribution in [0.1, 0.15) is 41.0 Å². The third-order valence-corrected chi connectivity index (χ3v) is 3.16. The lowest BCUT2D eigenvalue weighted by Gasteiger charge is -2.44. The molecule has 0 fully saturated rings. The third kappa shape index (κ3) is 4.81. The number of rotatable bonds is 8. The Labute approximate surface area is 101 Å². The standard InChI is InChI=1S/C13H30N2O/c1-11(2)9-15(12(3)4)13(5,10-14)7-8-16-6/h11-12H,7-10,14H2,1-6H3. The number of ether oxygens (including phenoxy) is 1. The van der Waals surface area contributed by atoms with E-state index in [2.05, 4.69) is 39.5 Å². The van der Waals surface area contributed by atoms with Crippen molar-refractivity contribution >= 4 is 0 Å². The van der Waals surface area contributed by atoms with Crippen LogP contribution in [0.3, 0.4) is 0 Å². The van der Waals surface area contributed by atoms with E-state index in [-0.39, 0.29) is 5.54 Å². The molecule has 0 saturated heterocycles. The van der Waals surface area contributed by atoms with Gasteiger partial charge in [0.05, 0.1) is 0 Å². The van der Waals surface area contributed by atoms with Gasteiger partial charge in [-0.15, -0.1) is 0 Å². The maximum absolute atomic E-state index is 5.96. The van der Waals surface area contributed by atoms with E-state index in [9.17, 15) is 0 Å². The van der Waals surface area contributed by atoms with Crippen molar-refractivity contribution in [2.75, 3.05) is 26.8 Å². The third-order valence-electron chi connectivity index (χ3n) is 3.16. The highest BCUT2D eigenvalue weighted by molar-refractivity contribution is 4.89. The lowest BCUT2D eigenvalue weighted by molar-refractivity contribution is 0.0350. The Kier molecular flexibility index (Phi) is 7.20. The Morgan fingerprint density at radius 3 is 2.12 bits per heavy atom. The second-order valence-corrected chi connectivity index (χ2v) is 5.58. The molecule has 3 heteroatoms. The summed E-state index contributed by atoms with van der Waals surface area (Å²) in [4.78, 5) is 2.51. The van der Waals surface area contributed by atoms with Gasteiger partial charge in [0.15, 0.2) is 0 Å². The van der Waals surface area contributed by atoms with Crippen LogP contribution < -0.4 is 5.73 Å². The number of nitrogens with zero attached hydrogens (tertiary/aromatic N) is 1. The van der Waals surface area contributed by atoms with Crippen molar-refractivity contribution in [2.45, 2.75) is 52.6 Å². The molecule has 3 nitrogen and oxygen atoms in total. The lowest BCUT2D eigenvalue weighted by atomic mass is 9.93. The number of nitrogens with two attached hydrogens (primary N) is 1. The van der Waals surface area contributed by atoms with E-state index in [0.717, 1.165) is 19.6 Å². The first-order chi connectivity index (χ1) is 7.37. The van der Waals surface area contributed by atoms with Crippen LogP contribution >= 0.6 is 0 Å². The largest absolute Gasteiger partial charge is 0.385 e. The van der Waals surface area contributed by atoms with Gasteiger partial charge in [-0.1, -0.05) is 13.8 Å². The molecule has 16 heavy (non-hydrogen) atoms. The fourth-order valence-electron chi connectivity index (χ4n) is 2.13. The minimum atomic E-state index is 0.0500. The Morgan fingerprint density at radius 1 is 1.25 bits per heavy atom. The van der Waals surface area contributed by atoms with Gasteiger partial charge in [-0.05, 0) is 33.1 Å². The van der Waals surface area contributed by atoms with Gasteiger partial charge >= 0.3 is 0 Å². The van der Waals surface area contributed by atoms with Crippen LogP contribution in [0, 0.1) is 5.92 Å². The van der Waals surface area contributed by atoms with Crippen LogP contribution in [0.25, 0.3) is 0 Å². The van der Waals surface area contributed by atoms with E-state index < -0.39 is 0 Å². The highest BCUT2D eigenvalue weighted by atomic mass is 16.5. The molecular formula is C13H30N2O. The van der Waals surface area contributed by atoms with Gasteiger partial charge in [0.25, 0.3) is 0 Å². The van der Waals surface area contributed by atoms with Crippen LogP contribution in [0.4, 0.5) is 0 Å². The molecule has 0 aromatic heterocycles. The summed E-state index contributed by atoms with van der Waals surface area (Å²) in [7, 11) is 1.75. The maximum Gasteiger partial charge on any atom is 0.0480 e. The van der Waals surface area contributed by atoms with Crippen LogP contribution in [-0.4, -0.2) is 43.3 Å². The average Bonchev–Trinajstić information content (AvgIpc) is 2.22. The number of hydrogen-bond donors (Lipinski definition) is 1. The average molecular weight is 230 g/mol. The van der Waals surface area contributed by atoms with E-state index in [1.807, 2.05) is 0 Å². The van der Waals surface area contributed by atoms with Crippen molar-refractivity contribution in [1.29, 1.82) is 0 Å². The second-order valence-electron chi connectivity index (χ2n) is 5.58. The molecule has 0 radical (unpaired) electrons. The summed E-state index contributed by atoms with van der Waals surface area (Å²) in [6, 6.07) is 0.521. The first kappa shape index (κ1) is 15.9. The first-order valence-corrected chi connectivity index (χ1v) is 6.33. The lowest BCUT2D eigenvalue weighted by Crippen LogP contribution is -2.56. The first-order valence-electron chi connectivity index (χ1n) is 6.33. The Hall–Kier alpha value is -0.120. The summed E-state index contributed by atoms with van der Waals surface area (Å²) in [5.41, 5.74) is 6.02. The minimum Gasteiger partial charge on any atom is -0.385 e. The zero-order chi connectivity index (χ0) is 12.8. The van der Waals surface area contributed by atoms with Crippen molar-refractivity contribution in [2.24, 2.45) is 11.7 Å². The van der Waals surface area contributed by atoms with Crippen molar-refractivity contribution in [3.05, 3.63) is 0 Å². The number of methoxy groups -OCH3 is 1. The van der Waals surface area contributed by atoms with Gasteiger partial charge in [-0.2, -0.15) is 0 Å². The molecule has 0 heterocycles. The summed E-state index contributed by atoms with van der Waals surface area (Å²) < 4.78 is 5.19. The summed E-state index contributed by atoms with van der Waals surface area (Å²) >= 11 is 0. The van der Waals surface area contributed by atoms with E-state index in [1.165, 1.54) is 0 Å². The fourth-order valence-corrected chi connectivity index (χ4v) is 2.13. The quantitative estimate of drug-likeness (QED) is 0.694. The van der Waals surface area contributed by atoms with E-state index >= 15 is 0 Å². The van der Waals surface area contributed by atoms with Crippen molar-refractivity contribution < 1.29 is 4.74 Å². The van der Waals surface area contributed by atoms with Gasteiger partial charge in [0.2, 0.25) is 0 Å². The highest BCUT2D eigenvalue weighted by Gasteiger charge is 2.32. The van der Waals surface area contributed by atoms with E-state index in [0.29, 0.717) is 18.5 Å². The molecule has 98 valence electrons. The van der Waals surface area contributed by atoms with E-state index in [4.69, 9.17) is 10.5 Å². The Bertz CT molecular complexity index is 183. The molecule has 0 rings (SSSR count). The molecule has 0 aliphatic carbocycles. The van der Waals surface area contributed by atoms with Crippen LogP contribution in [0.2, 0.25) is 0 Å². The van der Waals surface area contributed by atoms with Crippen molar-refractivity contribution in [3.63, 3.8) is 0 Å². The monoisotopic (exact) mass is 230 g/mol. The van der Waals surface area contributed by atoms with Gasteiger partial charge in [0, 0.05) is 38.4 Å². The van der Waals surface area contributed by atoms with Crippen LogP contribution in [-0.2, 0) is 4.74 Å². The highest BCUT2D eigenvalue weighted by Crippen LogP contribution is 2.22. The Balaban J connectivity index is 4.67. The predicted molar refractivity (Wildman–Crippen MR) is 70.6 cm³/mol. The summed E-state index contributed by atoms with van der Waals surface area (Å²) in [5, 5.41) is 0. The molecule has 0 aromatic carbocycles. The second kappa shape index (κ2) is 7.25. The molecule has 0 amide bonds. The normalized spacial score (nSPS) is 16.1. The SMILES string of the molecule is COCCC(C)(CN)N(CC(C)C)C(C)C. The van der Waals surface area contributed by atoms with Crippen LogP contribution in [0.15, 0.2) is 0 Å². The van der Waals surface area contributed by atoms with Crippen molar-refractivity contribution in [1.82, 2.24) is 4.90 Å². The molecule has 0 aliphatic heterocycles. The molecule has 0 aromatic rings. The predicted octanol–water partition coefficient (Wildman–Crippen LogP) is 2.11. The van der Waals surface area contributed by atoms with Crippen molar-refractivity contribution in [3.8, 4) is 0 Å². The molecule has 0 aliphatic rings. The maximum atomic E-state index is 5.96. The minimum absolute atomic E-state index is 0.0500. The fraction of sp³-hybridized carbons (Fsp3) is 1.00. The smallest absolute Gasteiger partial charge is 0.0480 e. The van der Waals surface area contributed by atoms with Gasteiger partial charge < -0.3 is 10.5 Å². The molecule has 0 bridgehead atoms. The molecular weight excluding hydrogens is 200 g/mol. The van der Waals surface area contributed by atoms with Crippen LogP contribution in [0.5, 0.6) is 0 Å². The van der Waals surface area contributed by atoms with E-state index in [1.54, 1.807) is 7.11 Å².